The maximum atomic E-state index is 12.5. The van der Waals surface area contributed by atoms with Gasteiger partial charge in [-0.3, -0.25) is 29.0 Å². The molecule has 0 atom stereocenters. The quantitative estimate of drug-likeness (QED) is 0.406. The van der Waals surface area contributed by atoms with Gasteiger partial charge in [-0.15, -0.1) is 0 Å². The van der Waals surface area contributed by atoms with Gasteiger partial charge in [0.15, 0.2) is 0 Å². The Labute approximate surface area is 187 Å². The highest BCUT2D eigenvalue weighted by atomic mass is 16.2. The van der Waals surface area contributed by atoms with E-state index in [4.69, 9.17) is 11.5 Å². The minimum Gasteiger partial charge on any atom is -0.369 e. The summed E-state index contributed by atoms with van der Waals surface area (Å²) in [7, 11) is 0. The normalized spacial score (nSPS) is 18.8. The van der Waals surface area contributed by atoms with Crippen LogP contribution in [0.5, 0.6) is 0 Å². The van der Waals surface area contributed by atoms with Gasteiger partial charge < -0.3 is 22.1 Å². The molecular formula is C22H32N6O4. The summed E-state index contributed by atoms with van der Waals surface area (Å²) in [4.78, 5) is 51.1. The number of carbonyl (C=O) groups is 4. The molecule has 2 fully saturated rings. The van der Waals surface area contributed by atoms with E-state index in [1.54, 1.807) is 24.3 Å². The molecule has 2 aliphatic rings. The van der Waals surface area contributed by atoms with E-state index in [-0.39, 0.29) is 48.8 Å². The van der Waals surface area contributed by atoms with Crippen LogP contribution in [-0.4, -0.2) is 84.8 Å². The lowest BCUT2D eigenvalue weighted by Crippen LogP contribution is -2.47. The lowest BCUT2D eigenvalue weighted by Gasteiger charge is -2.31. The second kappa shape index (κ2) is 11.1. The Balaban J connectivity index is 1.43. The lowest BCUT2D eigenvalue weighted by molar-refractivity contribution is -0.120. The van der Waals surface area contributed by atoms with E-state index in [9.17, 15) is 19.2 Å². The van der Waals surface area contributed by atoms with Crippen LogP contribution in [0.4, 0.5) is 0 Å². The van der Waals surface area contributed by atoms with E-state index in [1.807, 2.05) is 9.80 Å². The highest BCUT2D eigenvalue weighted by Crippen LogP contribution is 2.13. The molecule has 0 bridgehead atoms. The summed E-state index contributed by atoms with van der Waals surface area (Å²) < 4.78 is 0. The number of hydrogen-bond acceptors (Lipinski definition) is 6. The van der Waals surface area contributed by atoms with Crippen molar-refractivity contribution in [1.82, 2.24) is 20.4 Å². The number of hydrogen-bond donors (Lipinski definition) is 4. The minimum atomic E-state index is -0.342. The Morgan fingerprint density at radius 3 is 1.28 bits per heavy atom. The topological polar surface area (TPSA) is 151 Å². The number of rotatable bonds is 8. The van der Waals surface area contributed by atoms with Crippen LogP contribution in [0.25, 0.3) is 0 Å². The summed E-state index contributed by atoms with van der Waals surface area (Å²) in [6.07, 6.45) is 3.05. The molecule has 4 amide bonds. The van der Waals surface area contributed by atoms with Crippen molar-refractivity contribution in [3.05, 3.63) is 35.4 Å². The molecule has 0 aromatic heterocycles. The van der Waals surface area contributed by atoms with Crippen molar-refractivity contribution in [2.24, 2.45) is 11.5 Å². The Morgan fingerprint density at radius 2 is 1.00 bits per heavy atom. The van der Waals surface area contributed by atoms with Crippen LogP contribution in [0, 0.1) is 0 Å². The molecule has 0 radical (unpaired) electrons. The average Bonchev–Trinajstić information content (AvgIpc) is 2.76. The Hall–Kier alpha value is -2.98. The predicted molar refractivity (Wildman–Crippen MR) is 119 cm³/mol. The van der Waals surface area contributed by atoms with E-state index in [0.29, 0.717) is 37.3 Å². The van der Waals surface area contributed by atoms with Crippen molar-refractivity contribution in [2.45, 2.75) is 37.8 Å². The minimum absolute atomic E-state index is 0.0510. The van der Waals surface area contributed by atoms with Gasteiger partial charge in [-0.2, -0.15) is 0 Å². The van der Waals surface area contributed by atoms with Crippen LogP contribution < -0.4 is 22.1 Å². The van der Waals surface area contributed by atoms with Crippen molar-refractivity contribution < 1.29 is 19.2 Å². The van der Waals surface area contributed by atoms with Crippen LogP contribution in [0.3, 0.4) is 0 Å². The first-order valence-electron chi connectivity index (χ1n) is 11.0. The van der Waals surface area contributed by atoms with E-state index >= 15 is 0 Å². The van der Waals surface area contributed by atoms with Crippen LogP contribution in [0.15, 0.2) is 24.3 Å². The number of nitrogens with two attached hydrogens (primary N) is 2. The number of amides is 4. The number of piperidine rings is 2. The molecule has 2 aliphatic heterocycles. The van der Waals surface area contributed by atoms with E-state index < -0.39 is 0 Å². The highest BCUT2D eigenvalue weighted by Gasteiger charge is 2.23. The van der Waals surface area contributed by atoms with Crippen molar-refractivity contribution in [1.29, 1.82) is 0 Å². The molecule has 0 aliphatic carbocycles. The molecule has 10 heteroatoms. The third-order valence-corrected chi connectivity index (χ3v) is 6.01. The van der Waals surface area contributed by atoms with Crippen molar-refractivity contribution >= 4 is 23.6 Å². The molecule has 1 aromatic rings. The van der Waals surface area contributed by atoms with Gasteiger partial charge >= 0.3 is 0 Å². The highest BCUT2D eigenvalue weighted by molar-refractivity contribution is 5.98. The van der Waals surface area contributed by atoms with Gasteiger partial charge in [-0.25, -0.2) is 0 Å². The summed E-state index contributed by atoms with van der Waals surface area (Å²) in [6.45, 7) is 3.36. The maximum Gasteiger partial charge on any atom is 0.251 e. The number of benzene rings is 1. The fourth-order valence-electron chi connectivity index (χ4n) is 4.22. The van der Waals surface area contributed by atoms with Crippen LogP contribution >= 0.6 is 0 Å². The molecule has 0 saturated carbocycles. The number of nitrogens with zero attached hydrogens (tertiary/aromatic N) is 2. The molecule has 3 rings (SSSR count). The van der Waals surface area contributed by atoms with Crippen molar-refractivity contribution in [2.75, 3.05) is 39.3 Å². The zero-order valence-electron chi connectivity index (χ0n) is 18.2. The molecule has 2 heterocycles. The van der Waals surface area contributed by atoms with Crippen LogP contribution in [-0.2, 0) is 9.59 Å². The van der Waals surface area contributed by atoms with Gasteiger partial charge in [0.1, 0.15) is 0 Å². The first-order valence-corrected chi connectivity index (χ1v) is 11.0. The first kappa shape index (κ1) is 23.7. The Kier molecular flexibility index (Phi) is 8.18. The molecule has 1 aromatic carbocycles. The van der Waals surface area contributed by atoms with Gasteiger partial charge in [0.25, 0.3) is 11.8 Å². The standard InChI is InChI=1S/C22H32N6O4/c23-19(29)13-27-9-5-17(6-10-27)25-21(31)15-1-2-16(4-3-15)22(32)26-18-7-11-28(12-8-18)14-20(24)30/h1-4,17-18H,5-14H2,(H2,23,29)(H2,24,30)(H,25,31)(H,26,32). The molecule has 0 spiro atoms. The molecule has 6 N–H and O–H groups in total. The fourth-order valence-corrected chi connectivity index (χ4v) is 4.22. The number of carbonyl (C=O) groups excluding carboxylic acids is 4. The largest absolute Gasteiger partial charge is 0.369 e. The first-order chi connectivity index (χ1) is 15.3. The SMILES string of the molecule is NC(=O)CN1CCC(NC(=O)c2ccc(C(=O)NC3CCN(CC(N)=O)CC3)cc2)CC1. The predicted octanol–water partition coefficient (Wildman–Crippen LogP) is -0.954. The molecule has 174 valence electrons. The summed E-state index contributed by atoms with van der Waals surface area (Å²) in [5, 5.41) is 6.04. The van der Waals surface area contributed by atoms with Crippen molar-refractivity contribution in [3.8, 4) is 0 Å². The summed E-state index contributed by atoms with van der Waals surface area (Å²) in [6, 6.07) is 6.72. The third kappa shape index (κ3) is 7.03. The smallest absolute Gasteiger partial charge is 0.251 e. The second-order valence-corrected chi connectivity index (χ2v) is 8.56. The van der Waals surface area contributed by atoms with Gasteiger partial charge in [-0.1, -0.05) is 0 Å². The van der Waals surface area contributed by atoms with Crippen LogP contribution in [0.2, 0.25) is 0 Å². The maximum absolute atomic E-state index is 12.5. The summed E-state index contributed by atoms with van der Waals surface area (Å²) in [5.74, 6) is -1.03. The number of primary amides is 2. The zero-order chi connectivity index (χ0) is 23.1. The molecule has 0 unspecified atom stereocenters. The lowest BCUT2D eigenvalue weighted by atomic mass is 10.0. The summed E-state index contributed by atoms with van der Waals surface area (Å²) >= 11 is 0. The van der Waals surface area contributed by atoms with Crippen LogP contribution in [0.1, 0.15) is 46.4 Å². The molecule has 32 heavy (non-hydrogen) atoms. The van der Waals surface area contributed by atoms with E-state index in [0.717, 1.165) is 25.7 Å². The van der Waals surface area contributed by atoms with E-state index in [2.05, 4.69) is 10.6 Å². The molecule has 10 nitrogen and oxygen atoms in total. The Morgan fingerprint density at radius 1 is 0.688 bits per heavy atom. The Bertz CT molecular complexity index is 758. The number of likely N-dealkylation sites (tertiary alicyclic amines) is 2. The average molecular weight is 445 g/mol. The van der Waals surface area contributed by atoms with Gasteiger partial charge in [0.05, 0.1) is 13.1 Å². The molecule has 2 saturated heterocycles. The third-order valence-electron chi connectivity index (χ3n) is 6.01. The number of nitrogens with one attached hydrogen (secondary N) is 2. The van der Waals surface area contributed by atoms with Gasteiger partial charge in [0.2, 0.25) is 11.8 Å². The second-order valence-electron chi connectivity index (χ2n) is 8.56. The van der Waals surface area contributed by atoms with Gasteiger partial charge in [-0.05, 0) is 49.9 Å². The fraction of sp³-hybridized carbons (Fsp3) is 0.545. The van der Waals surface area contributed by atoms with Crippen molar-refractivity contribution in [3.63, 3.8) is 0 Å². The van der Waals surface area contributed by atoms with Gasteiger partial charge in [0, 0.05) is 49.4 Å². The monoisotopic (exact) mass is 444 g/mol. The zero-order valence-corrected chi connectivity index (χ0v) is 18.2. The van der Waals surface area contributed by atoms with E-state index in [1.165, 1.54) is 0 Å². The molecular weight excluding hydrogens is 412 g/mol. The summed E-state index contributed by atoms with van der Waals surface area (Å²) in [5.41, 5.74) is 11.5.